The first-order chi connectivity index (χ1) is 18.1. The molecular weight excluding hydrogens is 468 g/mol. The zero-order valence-corrected chi connectivity index (χ0v) is 20.9. The van der Waals surface area contributed by atoms with Gasteiger partial charge in [-0.3, -0.25) is 9.78 Å². The van der Waals surface area contributed by atoms with E-state index in [4.69, 9.17) is 14.5 Å². The van der Waals surface area contributed by atoms with Crippen molar-refractivity contribution in [2.24, 2.45) is 0 Å². The number of aromatic nitrogens is 4. The Hall–Kier alpha value is -3.82. The van der Waals surface area contributed by atoms with E-state index >= 15 is 0 Å². The number of pyridine rings is 1. The second kappa shape index (κ2) is 10.3. The summed E-state index contributed by atoms with van der Waals surface area (Å²) in [5.41, 5.74) is 4.15. The standard InChI is InChI=1S/C28H30N6O3/c1-33-9-11-34(12-10-33)28(35)26-16-20-14-19(2-3-23(20)31-26)15-27-30-8-5-24(32-27)25-17-21(4-7-29-25)37-22-6-13-36-18-22/h2-5,7-8,14,16-17,22,31H,6,9-13,15,18H2,1H3/t22-/m1/s1. The minimum atomic E-state index is 0.0565. The van der Waals surface area contributed by atoms with Crippen LogP contribution in [0, 0.1) is 0 Å². The molecule has 4 aromatic rings. The average molecular weight is 499 g/mol. The number of rotatable bonds is 6. The summed E-state index contributed by atoms with van der Waals surface area (Å²) in [4.78, 5) is 34.2. The third-order valence-corrected chi connectivity index (χ3v) is 6.96. The Labute approximate surface area is 215 Å². The van der Waals surface area contributed by atoms with Crippen molar-refractivity contribution in [3.63, 3.8) is 0 Å². The molecule has 2 aliphatic heterocycles. The number of H-pyrrole nitrogens is 1. The van der Waals surface area contributed by atoms with Crippen molar-refractivity contribution in [2.45, 2.75) is 18.9 Å². The van der Waals surface area contributed by atoms with Crippen LogP contribution in [-0.2, 0) is 11.2 Å². The first-order valence-electron chi connectivity index (χ1n) is 12.7. The summed E-state index contributed by atoms with van der Waals surface area (Å²) in [6.07, 6.45) is 5.05. The third-order valence-electron chi connectivity index (χ3n) is 6.96. The van der Waals surface area contributed by atoms with Crippen molar-refractivity contribution in [1.82, 2.24) is 29.7 Å². The van der Waals surface area contributed by atoms with Gasteiger partial charge in [0.15, 0.2) is 0 Å². The summed E-state index contributed by atoms with van der Waals surface area (Å²) in [5, 5.41) is 1.01. The molecule has 2 fully saturated rings. The van der Waals surface area contributed by atoms with E-state index in [1.165, 1.54) is 0 Å². The molecule has 9 heteroatoms. The summed E-state index contributed by atoms with van der Waals surface area (Å²) in [5.74, 6) is 1.53. The smallest absolute Gasteiger partial charge is 0.270 e. The van der Waals surface area contributed by atoms with Crippen LogP contribution in [-0.4, -0.2) is 88.2 Å². The molecule has 2 saturated heterocycles. The number of benzene rings is 1. The van der Waals surface area contributed by atoms with Crippen LogP contribution in [0.3, 0.4) is 0 Å². The van der Waals surface area contributed by atoms with Gasteiger partial charge in [0.05, 0.1) is 24.6 Å². The third kappa shape index (κ3) is 5.33. The van der Waals surface area contributed by atoms with Gasteiger partial charge in [-0.15, -0.1) is 0 Å². The van der Waals surface area contributed by atoms with Gasteiger partial charge < -0.3 is 24.3 Å². The monoisotopic (exact) mass is 498 g/mol. The molecule has 1 amide bonds. The normalized spacial score (nSPS) is 18.4. The number of nitrogens with zero attached hydrogens (tertiary/aromatic N) is 5. The summed E-state index contributed by atoms with van der Waals surface area (Å²) in [6, 6.07) is 13.7. The number of fused-ring (bicyclic) bond motifs is 1. The van der Waals surface area contributed by atoms with Crippen molar-refractivity contribution < 1.29 is 14.3 Å². The Morgan fingerprint density at radius 3 is 2.76 bits per heavy atom. The number of nitrogens with one attached hydrogen (secondary N) is 1. The number of likely N-dealkylation sites (N-methyl/N-ethyl adjacent to an activating group) is 1. The molecule has 0 radical (unpaired) electrons. The molecule has 1 N–H and O–H groups in total. The van der Waals surface area contributed by atoms with E-state index in [0.29, 0.717) is 24.5 Å². The lowest BCUT2D eigenvalue weighted by Crippen LogP contribution is -2.47. The van der Waals surface area contributed by atoms with E-state index in [-0.39, 0.29) is 12.0 Å². The maximum absolute atomic E-state index is 13.0. The van der Waals surface area contributed by atoms with Crippen molar-refractivity contribution in [1.29, 1.82) is 0 Å². The molecule has 0 saturated carbocycles. The fourth-order valence-electron chi connectivity index (χ4n) is 4.82. The van der Waals surface area contributed by atoms with Gasteiger partial charge in [0.2, 0.25) is 0 Å². The number of carbonyl (C=O) groups is 1. The van der Waals surface area contributed by atoms with Gasteiger partial charge in [-0.05, 0) is 42.9 Å². The number of hydrogen-bond acceptors (Lipinski definition) is 7. The maximum atomic E-state index is 13.0. The fraction of sp³-hybridized carbons (Fsp3) is 0.357. The van der Waals surface area contributed by atoms with Gasteiger partial charge in [0.1, 0.15) is 23.4 Å². The molecule has 190 valence electrons. The highest BCUT2D eigenvalue weighted by atomic mass is 16.5. The second-order valence-corrected chi connectivity index (χ2v) is 9.72. The second-order valence-electron chi connectivity index (χ2n) is 9.72. The maximum Gasteiger partial charge on any atom is 0.270 e. The summed E-state index contributed by atoms with van der Waals surface area (Å²) in [6.45, 7) is 4.66. The molecule has 3 aromatic heterocycles. The Morgan fingerprint density at radius 1 is 1.05 bits per heavy atom. The predicted molar refractivity (Wildman–Crippen MR) is 140 cm³/mol. The molecule has 1 atom stereocenters. The quantitative estimate of drug-likeness (QED) is 0.436. The van der Waals surface area contributed by atoms with Crippen molar-refractivity contribution >= 4 is 16.8 Å². The van der Waals surface area contributed by atoms with Gasteiger partial charge in [-0.2, -0.15) is 0 Å². The Kier molecular flexibility index (Phi) is 6.55. The lowest BCUT2D eigenvalue weighted by Gasteiger charge is -2.32. The highest BCUT2D eigenvalue weighted by molar-refractivity contribution is 5.98. The highest BCUT2D eigenvalue weighted by Gasteiger charge is 2.22. The van der Waals surface area contributed by atoms with Crippen LogP contribution in [0.2, 0.25) is 0 Å². The largest absolute Gasteiger partial charge is 0.488 e. The summed E-state index contributed by atoms with van der Waals surface area (Å²) in [7, 11) is 2.08. The van der Waals surface area contributed by atoms with E-state index in [0.717, 1.165) is 72.8 Å². The summed E-state index contributed by atoms with van der Waals surface area (Å²) < 4.78 is 11.4. The molecule has 9 nitrogen and oxygen atoms in total. The van der Waals surface area contributed by atoms with Crippen LogP contribution in [0.4, 0.5) is 0 Å². The number of aromatic amines is 1. The first-order valence-corrected chi connectivity index (χ1v) is 12.7. The zero-order valence-electron chi connectivity index (χ0n) is 20.9. The fourth-order valence-corrected chi connectivity index (χ4v) is 4.82. The molecule has 37 heavy (non-hydrogen) atoms. The van der Waals surface area contributed by atoms with Gasteiger partial charge in [-0.1, -0.05) is 6.07 Å². The lowest BCUT2D eigenvalue weighted by molar-refractivity contribution is 0.0659. The van der Waals surface area contributed by atoms with Crippen LogP contribution in [0.5, 0.6) is 5.75 Å². The molecule has 6 rings (SSSR count). The Bertz CT molecular complexity index is 1410. The molecular formula is C28H30N6O3. The minimum absolute atomic E-state index is 0.0565. The molecule has 1 aromatic carbocycles. The van der Waals surface area contributed by atoms with Gasteiger partial charge in [0, 0.05) is 68.4 Å². The van der Waals surface area contributed by atoms with E-state index < -0.39 is 0 Å². The van der Waals surface area contributed by atoms with Crippen molar-refractivity contribution in [2.75, 3.05) is 46.4 Å². The topological polar surface area (TPSA) is 96.5 Å². The molecule has 0 unspecified atom stereocenters. The Balaban J connectivity index is 1.17. The number of ether oxygens (including phenoxy) is 2. The molecule has 0 aliphatic carbocycles. The van der Waals surface area contributed by atoms with Crippen LogP contribution >= 0.6 is 0 Å². The molecule has 5 heterocycles. The summed E-state index contributed by atoms with van der Waals surface area (Å²) >= 11 is 0. The van der Waals surface area contributed by atoms with E-state index in [1.54, 1.807) is 12.4 Å². The Morgan fingerprint density at radius 2 is 1.92 bits per heavy atom. The zero-order chi connectivity index (χ0) is 25.2. The number of piperazine rings is 1. The van der Waals surface area contributed by atoms with Crippen molar-refractivity contribution in [3.8, 4) is 17.1 Å². The van der Waals surface area contributed by atoms with E-state index in [2.05, 4.69) is 39.0 Å². The SMILES string of the molecule is CN1CCN(C(=O)c2cc3cc(Cc4nccc(-c5cc(O[C@@H]6CCOC6)ccn5)n4)ccc3[nH]2)CC1. The van der Waals surface area contributed by atoms with Gasteiger partial charge in [0.25, 0.3) is 5.91 Å². The predicted octanol–water partition coefficient (Wildman–Crippen LogP) is 3.17. The van der Waals surface area contributed by atoms with Crippen molar-refractivity contribution in [3.05, 3.63) is 71.9 Å². The lowest BCUT2D eigenvalue weighted by atomic mass is 10.1. The minimum Gasteiger partial charge on any atom is -0.488 e. The number of carbonyl (C=O) groups excluding carboxylic acids is 1. The van der Waals surface area contributed by atoms with Crippen LogP contribution < -0.4 is 4.74 Å². The first kappa shape index (κ1) is 23.6. The number of hydrogen-bond donors (Lipinski definition) is 1. The van der Waals surface area contributed by atoms with E-state index in [9.17, 15) is 4.79 Å². The van der Waals surface area contributed by atoms with Crippen LogP contribution in [0.1, 0.15) is 28.3 Å². The van der Waals surface area contributed by atoms with Gasteiger partial charge in [-0.25, -0.2) is 9.97 Å². The molecule has 0 bridgehead atoms. The molecule has 2 aliphatic rings. The van der Waals surface area contributed by atoms with Crippen LogP contribution in [0.15, 0.2) is 54.9 Å². The molecule has 0 spiro atoms. The highest BCUT2D eigenvalue weighted by Crippen LogP contribution is 2.24. The number of amides is 1. The van der Waals surface area contributed by atoms with E-state index in [1.807, 2.05) is 35.2 Å². The van der Waals surface area contributed by atoms with Crippen LogP contribution in [0.25, 0.3) is 22.3 Å². The average Bonchev–Trinajstić information content (AvgIpc) is 3.59. The van der Waals surface area contributed by atoms with Gasteiger partial charge >= 0.3 is 0 Å².